The summed E-state index contributed by atoms with van der Waals surface area (Å²) in [5, 5.41) is 5.03. The number of ketones is 1. The normalized spacial score (nSPS) is 13.2. The molecule has 0 spiro atoms. The molecule has 17 heavy (non-hydrogen) atoms. The van der Waals surface area contributed by atoms with Crippen molar-refractivity contribution in [3.63, 3.8) is 0 Å². The minimum absolute atomic E-state index is 0.0914. The van der Waals surface area contributed by atoms with E-state index in [0.717, 1.165) is 0 Å². The van der Waals surface area contributed by atoms with Gasteiger partial charge in [0.15, 0.2) is 5.78 Å². The number of rotatable bonds is 4. The van der Waals surface area contributed by atoms with Gasteiger partial charge in [-0.1, -0.05) is 0 Å². The van der Waals surface area contributed by atoms with Crippen LogP contribution in [0.15, 0.2) is 23.1 Å². The van der Waals surface area contributed by atoms with Crippen molar-refractivity contribution in [2.75, 3.05) is 7.11 Å². The highest BCUT2D eigenvalue weighted by Crippen LogP contribution is 2.24. The van der Waals surface area contributed by atoms with Gasteiger partial charge in [0.25, 0.3) is 0 Å². The molecule has 94 valence electrons. The highest BCUT2D eigenvalue weighted by Gasteiger charge is 2.19. The van der Waals surface area contributed by atoms with Crippen LogP contribution in [0.4, 0.5) is 0 Å². The average Bonchev–Trinajstić information content (AvgIpc) is 2.25. The lowest BCUT2D eigenvalue weighted by molar-refractivity contribution is 0.0967. The Morgan fingerprint density at radius 1 is 1.41 bits per heavy atom. The van der Waals surface area contributed by atoms with Gasteiger partial charge in [-0.25, -0.2) is 13.6 Å². The molecule has 1 rings (SSSR count). The lowest BCUT2D eigenvalue weighted by atomic mass is 10.1. The zero-order chi connectivity index (χ0) is 13.2. The number of primary sulfonamides is 1. The van der Waals surface area contributed by atoms with E-state index >= 15 is 0 Å². The first-order valence-electron chi connectivity index (χ1n) is 4.78. The van der Waals surface area contributed by atoms with Crippen molar-refractivity contribution in [1.82, 2.24) is 0 Å². The van der Waals surface area contributed by atoms with Crippen molar-refractivity contribution in [2.24, 2.45) is 10.9 Å². The van der Waals surface area contributed by atoms with Gasteiger partial charge in [0.2, 0.25) is 10.0 Å². The number of benzene rings is 1. The zero-order valence-corrected chi connectivity index (χ0v) is 10.3. The van der Waals surface area contributed by atoms with E-state index in [0.29, 0.717) is 0 Å². The summed E-state index contributed by atoms with van der Waals surface area (Å²) in [6.07, 6.45) is 0. The second-order valence-electron chi connectivity index (χ2n) is 3.56. The standard InChI is InChI=1S/C10H14N2O4S/c1-6(11)10(13)7-3-4-8(16-2)9(5-7)17(12,14)15/h3-6H,11H2,1-2H3,(H2,12,14,15)/t6-/m1/s1. The Balaban J connectivity index is 3.38. The number of Topliss-reactive ketones (excluding diaryl/α,β-unsaturated/α-hetero) is 1. The molecule has 0 heterocycles. The van der Waals surface area contributed by atoms with Gasteiger partial charge in [0, 0.05) is 5.56 Å². The first kappa shape index (κ1) is 13.6. The molecule has 1 aromatic rings. The molecule has 0 saturated heterocycles. The summed E-state index contributed by atoms with van der Waals surface area (Å²) >= 11 is 0. The van der Waals surface area contributed by atoms with Crippen LogP contribution in [0.2, 0.25) is 0 Å². The molecular weight excluding hydrogens is 244 g/mol. The van der Waals surface area contributed by atoms with Crippen molar-refractivity contribution in [3.8, 4) is 5.75 Å². The highest BCUT2D eigenvalue weighted by atomic mass is 32.2. The van der Waals surface area contributed by atoms with E-state index < -0.39 is 16.1 Å². The summed E-state index contributed by atoms with van der Waals surface area (Å²) in [6, 6.07) is 3.27. The molecular formula is C10H14N2O4S. The maximum atomic E-state index is 11.6. The lowest BCUT2D eigenvalue weighted by Gasteiger charge is -2.09. The summed E-state index contributed by atoms with van der Waals surface area (Å²) in [6.45, 7) is 1.52. The largest absolute Gasteiger partial charge is 0.495 e. The third-order valence-corrected chi connectivity index (χ3v) is 3.10. The molecule has 0 fully saturated rings. The van der Waals surface area contributed by atoms with Crippen LogP contribution >= 0.6 is 0 Å². The molecule has 0 amide bonds. The molecule has 6 nitrogen and oxygen atoms in total. The van der Waals surface area contributed by atoms with Crippen LogP contribution < -0.4 is 15.6 Å². The van der Waals surface area contributed by atoms with Gasteiger partial charge in [0.05, 0.1) is 13.2 Å². The molecule has 0 saturated carbocycles. The molecule has 4 N–H and O–H groups in total. The zero-order valence-electron chi connectivity index (χ0n) is 9.51. The molecule has 0 aliphatic carbocycles. The Labute approximate surface area is 99.6 Å². The Hall–Kier alpha value is -1.44. The van der Waals surface area contributed by atoms with E-state index in [9.17, 15) is 13.2 Å². The third-order valence-electron chi connectivity index (χ3n) is 2.17. The van der Waals surface area contributed by atoms with Crippen LogP contribution in [-0.4, -0.2) is 27.4 Å². The van der Waals surface area contributed by atoms with Gasteiger partial charge in [-0.05, 0) is 25.1 Å². The van der Waals surface area contributed by atoms with Crippen molar-refractivity contribution in [1.29, 1.82) is 0 Å². The van der Waals surface area contributed by atoms with Crippen molar-refractivity contribution in [2.45, 2.75) is 17.9 Å². The number of hydrogen-bond acceptors (Lipinski definition) is 5. The molecule has 0 unspecified atom stereocenters. The predicted molar refractivity (Wildman–Crippen MR) is 62.3 cm³/mol. The van der Waals surface area contributed by atoms with E-state index in [-0.39, 0.29) is 22.0 Å². The fourth-order valence-electron chi connectivity index (χ4n) is 1.32. The van der Waals surface area contributed by atoms with E-state index in [2.05, 4.69) is 0 Å². The minimum Gasteiger partial charge on any atom is -0.495 e. The summed E-state index contributed by atoms with van der Waals surface area (Å²) in [7, 11) is -2.63. The van der Waals surface area contributed by atoms with Crippen LogP contribution in [0.1, 0.15) is 17.3 Å². The molecule has 0 bridgehead atoms. The molecule has 1 atom stereocenters. The van der Waals surface area contributed by atoms with Crippen LogP contribution in [0.5, 0.6) is 5.75 Å². The third kappa shape index (κ3) is 3.02. The summed E-state index contributed by atoms with van der Waals surface area (Å²) in [4.78, 5) is 11.4. The Kier molecular flexibility index (Phi) is 3.87. The monoisotopic (exact) mass is 258 g/mol. The van der Waals surface area contributed by atoms with E-state index in [1.54, 1.807) is 0 Å². The van der Waals surface area contributed by atoms with Gasteiger partial charge in [-0.2, -0.15) is 0 Å². The molecule has 7 heteroatoms. The predicted octanol–water partition coefficient (Wildman–Crippen LogP) is -0.127. The number of sulfonamides is 1. The van der Waals surface area contributed by atoms with Gasteiger partial charge in [-0.3, -0.25) is 4.79 Å². The molecule has 0 aliphatic rings. The van der Waals surface area contributed by atoms with Crippen LogP contribution in [0.25, 0.3) is 0 Å². The Morgan fingerprint density at radius 2 is 2.00 bits per heavy atom. The first-order valence-corrected chi connectivity index (χ1v) is 6.32. The van der Waals surface area contributed by atoms with Crippen LogP contribution in [-0.2, 0) is 10.0 Å². The smallest absolute Gasteiger partial charge is 0.241 e. The second-order valence-corrected chi connectivity index (χ2v) is 5.09. The summed E-state index contributed by atoms with van der Waals surface area (Å²) in [5.41, 5.74) is 5.62. The van der Waals surface area contributed by atoms with E-state index in [4.69, 9.17) is 15.6 Å². The maximum Gasteiger partial charge on any atom is 0.241 e. The van der Waals surface area contributed by atoms with Crippen molar-refractivity contribution >= 4 is 15.8 Å². The number of nitrogens with two attached hydrogens (primary N) is 2. The minimum atomic E-state index is -3.95. The number of carbonyl (C=O) groups excluding carboxylic acids is 1. The van der Waals surface area contributed by atoms with Gasteiger partial charge < -0.3 is 10.5 Å². The highest BCUT2D eigenvalue weighted by molar-refractivity contribution is 7.89. The van der Waals surface area contributed by atoms with Crippen molar-refractivity contribution in [3.05, 3.63) is 23.8 Å². The van der Waals surface area contributed by atoms with Gasteiger partial charge in [-0.15, -0.1) is 0 Å². The maximum absolute atomic E-state index is 11.6. The van der Waals surface area contributed by atoms with Crippen molar-refractivity contribution < 1.29 is 17.9 Å². The van der Waals surface area contributed by atoms with Gasteiger partial charge >= 0.3 is 0 Å². The topological polar surface area (TPSA) is 112 Å². The number of ether oxygens (including phenoxy) is 1. The fourth-order valence-corrected chi connectivity index (χ4v) is 2.04. The average molecular weight is 258 g/mol. The first-order chi connectivity index (χ1) is 7.77. The van der Waals surface area contributed by atoms with E-state index in [1.165, 1.54) is 32.2 Å². The fraction of sp³-hybridized carbons (Fsp3) is 0.300. The van der Waals surface area contributed by atoms with Gasteiger partial charge in [0.1, 0.15) is 10.6 Å². The molecule has 1 aromatic carbocycles. The second kappa shape index (κ2) is 4.82. The number of hydrogen-bond donors (Lipinski definition) is 2. The number of carbonyl (C=O) groups is 1. The quantitative estimate of drug-likeness (QED) is 0.731. The lowest BCUT2D eigenvalue weighted by Crippen LogP contribution is -2.27. The number of methoxy groups -OCH3 is 1. The summed E-state index contributed by atoms with van der Waals surface area (Å²) < 4.78 is 27.5. The molecule has 0 radical (unpaired) electrons. The molecule has 0 aromatic heterocycles. The summed E-state index contributed by atoms with van der Waals surface area (Å²) in [5.74, 6) is -0.272. The molecule has 0 aliphatic heterocycles. The Morgan fingerprint density at radius 3 is 2.41 bits per heavy atom. The SMILES string of the molecule is COc1ccc(C(=O)[C@@H](C)N)cc1S(N)(=O)=O. The van der Waals surface area contributed by atoms with Crippen LogP contribution in [0.3, 0.4) is 0 Å². The van der Waals surface area contributed by atoms with Crippen LogP contribution in [0, 0.1) is 0 Å². The Bertz CT molecular complexity index is 537. The van der Waals surface area contributed by atoms with E-state index in [1.807, 2.05) is 0 Å².